The SMILES string of the molecule is FC(F)(F)c1ccc(-c2ccc(Br)c(OCCCS)c2)cc1. The Kier molecular flexibility index (Phi) is 5.81. The van der Waals surface area contributed by atoms with Gasteiger partial charge >= 0.3 is 6.18 Å². The van der Waals surface area contributed by atoms with E-state index < -0.39 is 11.7 Å². The fourth-order valence-corrected chi connectivity index (χ4v) is 2.38. The highest BCUT2D eigenvalue weighted by molar-refractivity contribution is 9.10. The van der Waals surface area contributed by atoms with Gasteiger partial charge in [0.2, 0.25) is 0 Å². The van der Waals surface area contributed by atoms with E-state index in [4.69, 9.17) is 4.74 Å². The molecule has 0 bridgehead atoms. The van der Waals surface area contributed by atoms with Gasteiger partial charge in [-0.3, -0.25) is 0 Å². The number of halogens is 4. The molecule has 0 N–H and O–H groups in total. The molecule has 2 rings (SSSR count). The summed E-state index contributed by atoms with van der Waals surface area (Å²) in [5.41, 5.74) is 0.857. The van der Waals surface area contributed by atoms with Gasteiger partial charge in [0.15, 0.2) is 0 Å². The first-order valence-corrected chi connectivity index (χ1v) is 8.05. The molecule has 0 aliphatic carbocycles. The molecule has 0 aliphatic heterocycles. The van der Waals surface area contributed by atoms with Gasteiger partial charge in [0, 0.05) is 0 Å². The molecule has 0 fully saturated rings. The standard InChI is InChI=1S/C16H14BrF3OS/c17-14-7-4-12(10-15(14)21-8-1-9-22)11-2-5-13(6-3-11)16(18,19)20/h2-7,10,22H,1,8-9H2. The number of alkyl halides is 3. The van der Waals surface area contributed by atoms with Crippen LogP contribution in [0, 0.1) is 0 Å². The second-order valence-corrected chi connectivity index (χ2v) is 5.95. The van der Waals surface area contributed by atoms with Crippen LogP contribution in [0.1, 0.15) is 12.0 Å². The zero-order valence-electron chi connectivity index (χ0n) is 11.5. The molecule has 0 saturated heterocycles. The fourth-order valence-electron chi connectivity index (χ4n) is 1.89. The van der Waals surface area contributed by atoms with Gasteiger partial charge < -0.3 is 4.74 Å². The van der Waals surface area contributed by atoms with Crippen LogP contribution in [0.25, 0.3) is 11.1 Å². The van der Waals surface area contributed by atoms with E-state index >= 15 is 0 Å². The second-order valence-electron chi connectivity index (χ2n) is 4.65. The lowest BCUT2D eigenvalue weighted by Gasteiger charge is -2.11. The van der Waals surface area contributed by atoms with Gasteiger partial charge in [0.1, 0.15) is 5.75 Å². The molecule has 0 radical (unpaired) electrons. The molecule has 22 heavy (non-hydrogen) atoms. The zero-order chi connectivity index (χ0) is 16.2. The number of benzene rings is 2. The van der Waals surface area contributed by atoms with Gasteiger partial charge in [-0.15, -0.1) is 0 Å². The lowest BCUT2D eigenvalue weighted by Crippen LogP contribution is -2.04. The Balaban J connectivity index is 2.23. The van der Waals surface area contributed by atoms with E-state index in [1.54, 1.807) is 0 Å². The van der Waals surface area contributed by atoms with Crippen LogP contribution in [-0.2, 0) is 6.18 Å². The van der Waals surface area contributed by atoms with Crippen molar-refractivity contribution in [3.8, 4) is 16.9 Å². The molecule has 0 heterocycles. The lowest BCUT2D eigenvalue weighted by molar-refractivity contribution is -0.137. The van der Waals surface area contributed by atoms with Crippen LogP contribution < -0.4 is 4.74 Å². The first-order chi connectivity index (χ1) is 10.4. The maximum absolute atomic E-state index is 12.6. The third kappa shape index (κ3) is 4.43. The number of ether oxygens (including phenoxy) is 1. The molecule has 0 aliphatic rings. The monoisotopic (exact) mass is 390 g/mol. The molecular weight excluding hydrogens is 377 g/mol. The highest BCUT2D eigenvalue weighted by Crippen LogP contribution is 2.33. The summed E-state index contributed by atoms with van der Waals surface area (Å²) in [6, 6.07) is 10.6. The van der Waals surface area contributed by atoms with Crippen molar-refractivity contribution in [3.05, 3.63) is 52.5 Å². The number of hydrogen-bond acceptors (Lipinski definition) is 2. The van der Waals surface area contributed by atoms with Crippen molar-refractivity contribution >= 4 is 28.6 Å². The highest BCUT2D eigenvalue weighted by atomic mass is 79.9. The van der Waals surface area contributed by atoms with E-state index in [9.17, 15) is 13.2 Å². The third-order valence-electron chi connectivity index (χ3n) is 3.04. The van der Waals surface area contributed by atoms with Crippen LogP contribution in [0.4, 0.5) is 13.2 Å². The number of rotatable bonds is 5. The van der Waals surface area contributed by atoms with Crippen LogP contribution in [0.5, 0.6) is 5.75 Å². The van der Waals surface area contributed by atoms with E-state index in [0.717, 1.165) is 34.3 Å². The number of hydrogen-bond donors (Lipinski definition) is 1. The Hall–Kier alpha value is -1.14. The molecule has 2 aromatic rings. The normalized spacial score (nSPS) is 11.5. The zero-order valence-corrected chi connectivity index (χ0v) is 14.0. The molecule has 2 aromatic carbocycles. The summed E-state index contributed by atoms with van der Waals surface area (Å²) in [5, 5.41) is 0. The van der Waals surface area contributed by atoms with Crippen LogP contribution in [-0.4, -0.2) is 12.4 Å². The molecule has 0 saturated carbocycles. The summed E-state index contributed by atoms with van der Waals surface area (Å²) >= 11 is 7.52. The van der Waals surface area contributed by atoms with Crippen molar-refractivity contribution in [2.45, 2.75) is 12.6 Å². The average Bonchev–Trinajstić information content (AvgIpc) is 2.49. The van der Waals surface area contributed by atoms with Crippen LogP contribution in [0.3, 0.4) is 0 Å². The Morgan fingerprint density at radius 3 is 2.23 bits per heavy atom. The van der Waals surface area contributed by atoms with E-state index in [1.807, 2.05) is 18.2 Å². The Morgan fingerprint density at radius 2 is 1.64 bits per heavy atom. The van der Waals surface area contributed by atoms with Crippen LogP contribution in [0.15, 0.2) is 46.9 Å². The van der Waals surface area contributed by atoms with Gasteiger partial charge in [0.25, 0.3) is 0 Å². The maximum Gasteiger partial charge on any atom is 0.416 e. The third-order valence-corrected chi connectivity index (χ3v) is 4.01. The average molecular weight is 391 g/mol. The topological polar surface area (TPSA) is 9.23 Å². The second kappa shape index (κ2) is 7.42. The molecule has 118 valence electrons. The summed E-state index contributed by atoms with van der Waals surface area (Å²) in [4.78, 5) is 0. The first kappa shape index (κ1) is 17.2. The van der Waals surface area contributed by atoms with Gasteiger partial charge in [-0.05, 0) is 63.5 Å². The Bertz CT molecular complexity index is 626. The van der Waals surface area contributed by atoms with Gasteiger partial charge in [-0.1, -0.05) is 18.2 Å². The smallest absolute Gasteiger partial charge is 0.416 e. The van der Waals surface area contributed by atoms with Gasteiger partial charge in [0.05, 0.1) is 16.6 Å². The molecule has 1 nitrogen and oxygen atoms in total. The summed E-state index contributed by atoms with van der Waals surface area (Å²) in [5.74, 6) is 1.40. The van der Waals surface area contributed by atoms with Crippen LogP contribution >= 0.6 is 28.6 Å². The molecule has 0 spiro atoms. The predicted octanol–water partition coefficient (Wildman–Crippen LogP) is 5.83. The largest absolute Gasteiger partial charge is 0.492 e. The quantitative estimate of drug-likeness (QED) is 0.498. The molecule has 6 heteroatoms. The molecule has 0 unspecified atom stereocenters. The minimum Gasteiger partial charge on any atom is -0.492 e. The first-order valence-electron chi connectivity index (χ1n) is 6.62. The van der Waals surface area contributed by atoms with Gasteiger partial charge in [-0.2, -0.15) is 25.8 Å². The van der Waals surface area contributed by atoms with E-state index in [-0.39, 0.29) is 0 Å². The minimum atomic E-state index is -4.32. The van der Waals surface area contributed by atoms with E-state index in [2.05, 4.69) is 28.6 Å². The fraction of sp³-hybridized carbons (Fsp3) is 0.250. The van der Waals surface area contributed by atoms with E-state index in [1.165, 1.54) is 12.1 Å². The summed E-state index contributed by atoms with van der Waals surface area (Å²) in [6.45, 7) is 0.540. The summed E-state index contributed by atoms with van der Waals surface area (Å²) < 4.78 is 44.2. The summed E-state index contributed by atoms with van der Waals surface area (Å²) in [6.07, 6.45) is -3.50. The molecule has 0 amide bonds. The van der Waals surface area contributed by atoms with Crippen molar-refractivity contribution in [1.82, 2.24) is 0 Å². The highest BCUT2D eigenvalue weighted by Gasteiger charge is 2.29. The van der Waals surface area contributed by atoms with Crippen molar-refractivity contribution in [2.75, 3.05) is 12.4 Å². The van der Waals surface area contributed by atoms with Crippen molar-refractivity contribution in [1.29, 1.82) is 0 Å². The maximum atomic E-state index is 12.6. The summed E-state index contributed by atoms with van der Waals surface area (Å²) in [7, 11) is 0. The minimum absolute atomic E-state index is 0.540. The number of thiol groups is 1. The lowest BCUT2D eigenvalue weighted by atomic mass is 10.0. The van der Waals surface area contributed by atoms with Gasteiger partial charge in [-0.25, -0.2) is 0 Å². The molecular formula is C16H14BrF3OS. The molecule has 0 atom stereocenters. The molecule has 0 aromatic heterocycles. The Labute approximate surface area is 141 Å². The van der Waals surface area contributed by atoms with Crippen molar-refractivity contribution in [3.63, 3.8) is 0 Å². The van der Waals surface area contributed by atoms with Crippen LogP contribution in [0.2, 0.25) is 0 Å². The van der Waals surface area contributed by atoms with Crippen molar-refractivity contribution < 1.29 is 17.9 Å². The Morgan fingerprint density at radius 1 is 1.00 bits per heavy atom. The van der Waals surface area contributed by atoms with Crippen molar-refractivity contribution in [2.24, 2.45) is 0 Å². The van der Waals surface area contributed by atoms with E-state index in [0.29, 0.717) is 17.9 Å². The predicted molar refractivity (Wildman–Crippen MR) is 88.5 cm³/mol.